The summed E-state index contributed by atoms with van der Waals surface area (Å²) in [5.41, 5.74) is 0.460. The largest absolute Gasteiger partial charge is 0.493 e. The number of ether oxygens (including phenoxy) is 5. The maximum absolute atomic E-state index is 13.1. The molecule has 29 heavy (non-hydrogen) atoms. The Labute approximate surface area is 169 Å². The Balaban J connectivity index is 1.75. The van der Waals surface area contributed by atoms with Crippen LogP contribution in [0.4, 0.5) is 0 Å². The Hall–Kier alpha value is -3.23. The number of hydrogen-bond donors (Lipinski definition) is 0. The molecule has 0 spiro atoms. The lowest BCUT2D eigenvalue weighted by molar-refractivity contribution is 0.0524. The Morgan fingerprint density at radius 2 is 1.69 bits per heavy atom. The molecule has 1 amide bonds. The van der Waals surface area contributed by atoms with Crippen LogP contribution in [0.3, 0.4) is 0 Å². The molecule has 1 atom stereocenters. The molecule has 1 unspecified atom stereocenters. The van der Waals surface area contributed by atoms with Crippen molar-refractivity contribution in [1.82, 2.24) is 14.9 Å². The van der Waals surface area contributed by atoms with Gasteiger partial charge in [0.05, 0.1) is 47.4 Å². The van der Waals surface area contributed by atoms with Crippen LogP contribution >= 0.6 is 0 Å². The highest BCUT2D eigenvalue weighted by Gasteiger charge is 2.27. The molecule has 1 fully saturated rings. The number of methoxy groups -OCH3 is 4. The Bertz CT molecular complexity index is 835. The molecule has 3 rings (SSSR count). The average Bonchev–Trinajstić information content (AvgIpc) is 2.77. The molecule has 1 aromatic carbocycles. The average molecular weight is 403 g/mol. The maximum Gasteiger partial charge on any atom is 0.254 e. The van der Waals surface area contributed by atoms with Crippen LogP contribution in [-0.4, -0.2) is 68.4 Å². The van der Waals surface area contributed by atoms with E-state index < -0.39 is 0 Å². The highest BCUT2D eigenvalue weighted by molar-refractivity contribution is 5.95. The molecule has 1 saturated heterocycles. The number of piperidine rings is 1. The molecule has 0 saturated carbocycles. The fourth-order valence-electron chi connectivity index (χ4n) is 3.26. The van der Waals surface area contributed by atoms with E-state index >= 15 is 0 Å². The first-order valence-corrected chi connectivity index (χ1v) is 9.21. The van der Waals surface area contributed by atoms with Crippen molar-refractivity contribution in [3.63, 3.8) is 0 Å². The zero-order chi connectivity index (χ0) is 20.8. The van der Waals surface area contributed by atoms with E-state index in [1.165, 1.54) is 40.8 Å². The van der Waals surface area contributed by atoms with Gasteiger partial charge in [0.15, 0.2) is 11.5 Å². The summed E-state index contributed by atoms with van der Waals surface area (Å²) in [6.45, 7) is 1.08. The molecule has 9 heteroatoms. The quantitative estimate of drug-likeness (QED) is 0.695. The Morgan fingerprint density at radius 3 is 2.31 bits per heavy atom. The third kappa shape index (κ3) is 4.61. The standard InChI is InChI=1S/C20H25N3O6/c1-25-15-8-13(9-16(26-2)19(15)28-4)20(24)23-7-5-6-14(12-23)29-18-11-21-10-17(22-18)27-3/h8-11,14H,5-7,12H2,1-4H3. The number of amides is 1. The number of carbonyl (C=O) groups is 1. The highest BCUT2D eigenvalue weighted by Crippen LogP contribution is 2.38. The van der Waals surface area contributed by atoms with Crippen molar-refractivity contribution in [2.24, 2.45) is 0 Å². The third-order valence-electron chi connectivity index (χ3n) is 4.66. The summed E-state index contributed by atoms with van der Waals surface area (Å²) < 4.78 is 27.0. The number of nitrogens with zero attached hydrogens (tertiary/aromatic N) is 3. The van der Waals surface area contributed by atoms with Crippen LogP contribution < -0.4 is 23.7 Å². The SMILES string of the molecule is COc1cncc(OC2CCCN(C(=O)c3cc(OC)c(OC)c(OC)c3)C2)n1. The lowest BCUT2D eigenvalue weighted by Crippen LogP contribution is -2.44. The van der Waals surface area contributed by atoms with Gasteiger partial charge in [0.2, 0.25) is 17.5 Å². The van der Waals surface area contributed by atoms with Gasteiger partial charge in [0.25, 0.3) is 5.91 Å². The van der Waals surface area contributed by atoms with Gasteiger partial charge in [-0.25, -0.2) is 0 Å². The summed E-state index contributed by atoms with van der Waals surface area (Å²) in [6, 6.07) is 3.31. The zero-order valence-corrected chi connectivity index (χ0v) is 17.0. The van der Waals surface area contributed by atoms with Crippen molar-refractivity contribution in [3.05, 3.63) is 30.1 Å². The molecular formula is C20H25N3O6. The van der Waals surface area contributed by atoms with Crippen molar-refractivity contribution in [3.8, 4) is 29.0 Å². The molecule has 0 radical (unpaired) electrons. The molecule has 2 aromatic rings. The molecule has 156 valence electrons. The first-order valence-electron chi connectivity index (χ1n) is 9.21. The van der Waals surface area contributed by atoms with Crippen LogP contribution in [0.15, 0.2) is 24.5 Å². The first kappa shape index (κ1) is 20.5. The molecule has 1 aliphatic rings. The molecule has 0 aliphatic carbocycles. The van der Waals surface area contributed by atoms with Crippen LogP contribution in [-0.2, 0) is 0 Å². The van der Waals surface area contributed by atoms with Gasteiger partial charge in [0.1, 0.15) is 6.10 Å². The summed E-state index contributed by atoms with van der Waals surface area (Å²) in [6.07, 6.45) is 4.49. The first-order chi connectivity index (χ1) is 14.1. The van der Waals surface area contributed by atoms with Gasteiger partial charge in [-0.15, -0.1) is 0 Å². The summed E-state index contributed by atoms with van der Waals surface area (Å²) >= 11 is 0. The predicted octanol–water partition coefficient (Wildman–Crippen LogP) is 2.19. The van der Waals surface area contributed by atoms with Crippen LogP contribution in [0.5, 0.6) is 29.0 Å². The predicted molar refractivity (Wildman–Crippen MR) is 104 cm³/mol. The van der Waals surface area contributed by atoms with Gasteiger partial charge in [-0.3, -0.25) is 9.78 Å². The second-order valence-electron chi connectivity index (χ2n) is 6.45. The molecule has 0 bridgehead atoms. The molecular weight excluding hydrogens is 378 g/mol. The van der Waals surface area contributed by atoms with Gasteiger partial charge >= 0.3 is 0 Å². The minimum Gasteiger partial charge on any atom is -0.493 e. The van der Waals surface area contributed by atoms with E-state index in [0.29, 0.717) is 47.7 Å². The van der Waals surface area contributed by atoms with Crippen LogP contribution in [0.25, 0.3) is 0 Å². The van der Waals surface area contributed by atoms with Gasteiger partial charge in [-0.2, -0.15) is 4.98 Å². The minimum atomic E-state index is -0.184. The molecule has 9 nitrogen and oxygen atoms in total. The van der Waals surface area contributed by atoms with Crippen molar-refractivity contribution in [2.45, 2.75) is 18.9 Å². The Morgan fingerprint density at radius 1 is 1.00 bits per heavy atom. The van der Waals surface area contributed by atoms with Gasteiger partial charge in [-0.1, -0.05) is 0 Å². The monoisotopic (exact) mass is 403 g/mol. The van der Waals surface area contributed by atoms with Crippen molar-refractivity contribution >= 4 is 5.91 Å². The number of carbonyl (C=O) groups excluding carboxylic acids is 1. The number of likely N-dealkylation sites (tertiary alicyclic amines) is 1. The summed E-state index contributed by atoms with van der Waals surface area (Å²) in [4.78, 5) is 23.1. The fourth-order valence-corrected chi connectivity index (χ4v) is 3.26. The minimum absolute atomic E-state index is 0.130. The smallest absolute Gasteiger partial charge is 0.254 e. The topological polar surface area (TPSA) is 92.2 Å². The van der Waals surface area contributed by atoms with E-state index in [-0.39, 0.29) is 12.0 Å². The lowest BCUT2D eigenvalue weighted by atomic mass is 10.1. The van der Waals surface area contributed by atoms with Crippen molar-refractivity contribution < 1.29 is 28.5 Å². The molecule has 2 heterocycles. The molecule has 0 N–H and O–H groups in total. The van der Waals surface area contributed by atoms with E-state index in [1.807, 2.05) is 0 Å². The van der Waals surface area contributed by atoms with E-state index in [2.05, 4.69) is 9.97 Å². The number of hydrogen-bond acceptors (Lipinski definition) is 8. The van der Waals surface area contributed by atoms with E-state index in [4.69, 9.17) is 23.7 Å². The Kier molecular flexibility index (Phi) is 6.58. The van der Waals surface area contributed by atoms with Gasteiger partial charge in [0, 0.05) is 12.1 Å². The van der Waals surface area contributed by atoms with Gasteiger partial charge in [-0.05, 0) is 25.0 Å². The summed E-state index contributed by atoms with van der Waals surface area (Å²) in [5, 5.41) is 0. The van der Waals surface area contributed by atoms with Crippen molar-refractivity contribution in [2.75, 3.05) is 41.5 Å². The maximum atomic E-state index is 13.1. The van der Waals surface area contributed by atoms with E-state index in [9.17, 15) is 4.79 Å². The summed E-state index contributed by atoms with van der Waals surface area (Å²) in [7, 11) is 6.08. The summed E-state index contributed by atoms with van der Waals surface area (Å²) in [5.74, 6) is 1.94. The zero-order valence-electron chi connectivity index (χ0n) is 17.0. The number of rotatable bonds is 7. The van der Waals surface area contributed by atoms with Crippen LogP contribution in [0.2, 0.25) is 0 Å². The van der Waals surface area contributed by atoms with Crippen LogP contribution in [0.1, 0.15) is 23.2 Å². The lowest BCUT2D eigenvalue weighted by Gasteiger charge is -2.32. The van der Waals surface area contributed by atoms with Crippen LogP contribution in [0, 0.1) is 0 Å². The normalized spacial score (nSPS) is 16.1. The number of aromatic nitrogens is 2. The third-order valence-corrected chi connectivity index (χ3v) is 4.66. The second-order valence-corrected chi connectivity index (χ2v) is 6.45. The highest BCUT2D eigenvalue weighted by atomic mass is 16.5. The van der Waals surface area contributed by atoms with Crippen molar-refractivity contribution in [1.29, 1.82) is 0 Å². The van der Waals surface area contributed by atoms with E-state index in [1.54, 1.807) is 17.0 Å². The fraction of sp³-hybridized carbons (Fsp3) is 0.450. The second kappa shape index (κ2) is 9.31. The van der Waals surface area contributed by atoms with E-state index in [0.717, 1.165) is 12.8 Å². The molecule has 1 aliphatic heterocycles. The van der Waals surface area contributed by atoms with Gasteiger partial charge < -0.3 is 28.6 Å². The molecule has 1 aromatic heterocycles. The number of benzene rings is 1.